The molecule has 38 heavy (non-hydrogen) atoms. The maximum Gasteiger partial charge on any atom is 0.337 e. The molecule has 1 N–H and O–H groups in total. The lowest BCUT2D eigenvalue weighted by Gasteiger charge is -2.31. The summed E-state index contributed by atoms with van der Waals surface area (Å²) >= 11 is 1.54. The first-order valence-corrected chi connectivity index (χ1v) is 13.2. The van der Waals surface area contributed by atoms with Gasteiger partial charge in [0.15, 0.2) is 11.5 Å². The Morgan fingerprint density at radius 2 is 1.79 bits per heavy atom. The minimum absolute atomic E-state index is 0.104. The van der Waals surface area contributed by atoms with E-state index >= 15 is 0 Å². The van der Waals surface area contributed by atoms with Gasteiger partial charge in [0.2, 0.25) is 5.91 Å². The van der Waals surface area contributed by atoms with E-state index in [4.69, 9.17) is 9.26 Å². The number of nitrogens with one attached hydrogen (secondary N) is 1. The molecule has 1 aliphatic heterocycles. The number of ether oxygens (including phenoxy) is 1. The van der Waals surface area contributed by atoms with Crippen LogP contribution in [0.25, 0.3) is 10.6 Å². The van der Waals surface area contributed by atoms with Crippen molar-refractivity contribution < 1.29 is 23.6 Å². The molecule has 2 aromatic carbocycles. The number of aromatic nitrogens is 1. The quantitative estimate of drug-likeness (QED) is 0.322. The molecule has 0 radical (unpaired) electrons. The highest BCUT2D eigenvalue weighted by atomic mass is 32.1. The van der Waals surface area contributed by atoms with Crippen LogP contribution in [-0.2, 0) is 16.0 Å². The molecule has 0 unspecified atom stereocenters. The Bertz CT molecular complexity index is 1400. The number of methoxy groups -OCH3 is 1. The third-order valence-corrected chi connectivity index (χ3v) is 7.57. The third kappa shape index (κ3) is 5.84. The summed E-state index contributed by atoms with van der Waals surface area (Å²) in [4.78, 5) is 39.7. The molecule has 8 nitrogen and oxygen atoms in total. The molecule has 194 valence electrons. The molecular weight excluding hydrogens is 502 g/mol. The number of benzene rings is 2. The van der Waals surface area contributed by atoms with Gasteiger partial charge >= 0.3 is 5.97 Å². The Kier molecular flexibility index (Phi) is 7.65. The average molecular weight is 530 g/mol. The second-order valence-electron chi connectivity index (χ2n) is 9.16. The zero-order valence-electron chi connectivity index (χ0n) is 20.9. The minimum Gasteiger partial charge on any atom is -0.465 e. The summed E-state index contributed by atoms with van der Waals surface area (Å²) in [6.07, 6.45) is 1.92. The van der Waals surface area contributed by atoms with E-state index < -0.39 is 5.97 Å². The van der Waals surface area contributed by atoms with Gasteiger partial charge in [-0.15, -0.1) is 11.3 Å². The van der Waals surface area contributed by atoms with E-state index in [0.29, 0.717) is 36.0 Å². The van der Waals surface area contributed by atoms with Crippen LogP contribution in [0.4, 0.5) is 5.69 Å². The van der Waals surface area contributed by atoms with E-state index in [1.54, 1.807) is 41.7 Å². The molecule has 3 heterocycles. The van der Waals surface area contributed by atoms with Crippen LogP contribution in [0.2, 0.25) is 0 Å². The average Bonchev–Trinajstić information content (AvgIpc) is 3.66. The van der Waals surface area contributed by atoms with Crippen molar-refractivity contribution in [2.75, 3.05) is 25.5 Å². The monoisotopic (exact) mass is 529 g/mol. The number of thiophene rings is 1. The van der Waals surface area contributed by atoms with Crippen LogP contribution < -0.4 is 5.32 Å². The number of amides is 2. The van der Waals surface area contributed by atoms with Gasteiger partial charge in [0.1, 0.15) is 0 Å². The van der Waals surface area contributed by atoms with Gasteiger partial charge in [-0.3, -0.25) is 9.59 Å². The van der Waals surface area contributed by atoms with Gasteiger partial charge in [-0.2, -0.15) is 0 Å². The Morgan fingerprint density at radius 3 is 2.45 bits per heavy atom. The molecule has 0 atom stereocenters. The number of hydrogen-bond donors (Lipinski definition) is 1. The second-order valence-corrected chi connectivity index (χ2v) is 10.1. The summed E-state index contributed by atoms with van der Waals surface area (Å²) < 4.78 is 10.1. The summed E-state index contributed by atoms with van der Waals surface area (Å²) in [6, 6.07) is 20.3. The fourth-order valence-corrected chi connectivity index (χ4v) is 5.27. The van der Waals surface area contributed by atoms with E-state index in [0.717, 1.165) is 29.0 Å². The lowest BCUT2D eigenvalue weighted by atomic mass is 9.89. The number of carbonyl (C=O) groups is 3. The Balaban J connectivity index is 1.11. The summed E-state index contributed by atoms with van der Waals surface area (Å²) in [5.41, 5.74) is 3.51. The van der Waals surface area contributed by atoms with Crippen LogP contribution in [-0.4, -0.2) is 48.0 Å². The number of esters is 1. The summed E-state index contributed by atoms with van der Waals surface area (Å²) in [5.74, 6) is 0.313. The molecule has 0 aliphatic carbocycles. The van der Waals surface area contributed by atoms with Crippen LogP contribution in [0.15, 0.2) is 76.6 Å². The number of carbonyl (C=O) groups excluding carboxylic acids is 3. The van der Waals surface area contributed by atoms with Gasteiger partial charge in [-0.1, -0.05) is 35.5 Å². The van der Waals surface area contributed by atoms with E-state index in [2.05, 4.69) is 10.5 Å². The van der Waals surface area contributed by atoms with Crippen molar-refractivity contribution >= 4 is 34.8 Å². The highest BCUT2D eigenvalue weighted by molar-refractivity contribution is 7.13. The molecule has 0 saturated carbocycles. The molecule has 0 spiro atoms. The van der Waals surface area contributed by atoms with Crippen LogP contribution in [0.5, 0.6) is 0 Å². The van der Waals surface area contributed by atoms with Gasteiger partial charge in [0.05, 0.1) is 24.0 Å². The van der Waals surface area contributed by atoms with E-state index in [-0.39, 0.29) is 18.2 Å². The molecule has 1 saturated heterocycles. The zero-order valence-corrected chi connectivity index (χ0v) is 21.7. The van der Waals surface area contributed by atoms with Gasteiger partial charge in [0, 0.05) is 24.8 Å². The largest absolute Gasteiger partial charge is 0.465 e. The molecule has 9 heteroatoms. The van der Waals surface area contributed by atoms with E-state index in [1.165, 1.54) is 12.7 Å². The molecular formula is C29H27N3O5S. The normalized spacial score (nSPS) is 13.8. The van der Waals surface area contributed by atoms with Gasteiger partial charge in [-0.25, -0.2) is 4.79 Å². The van der Waals surface area contributed by atoms with E-state index in [9.17, 15) is 14.4 Å². The molecule has 1 aliphatic rings. The number of nitrogens with zero attached hydrogens (tertiary/aromatic N) is 2. The van der Waals surface area contributed by atoms with Crippen molar-refractivity contribution in [3.63, 3.8) is 0 Å². The van der Waals surface area contributed by atoms with Crippen molar-refractivity contribution in [2.24, 2.45) is 0 Å². The van der Waals surface area contributed by atoms with Crippen molar-refractivity contribution in [3.8, 4) is 10.6 Å². The molecule has 1 fully saturated rings. The van der Waals surface area contributed by atoms with Crippen molar-refractivity contribution in [1.29, 1.82) is 0 Å². The summed E-state index contributed by atoms with van der Waals surface area (Å²) in [6.45, 7) is 1.30. The predicted octanol–water partition coefficient (Wildman–Crippen LogP) is 5.39. The number of anilines is 1. The third-order valence-electron chi connectivity index (χ3n) is 6.68. The minimum atomic E-state index is -0.406. The van der Waals surface area contributed by atoms with Crippen molar-refractivity contribution in [1.82, 2.24) is 10.1 Å². The number of rotatable bonds is 7. The Morgan fingerprint density at radius 1 is 1.05 bits per heavy atom. The van der Waals surface area contributed by atoms with Crippen LogP contribution in [0.3, 0.4) is 0 Å². The van der Waals surface area contributed by atoms with Gasteiger partial charge < -0.3 is 19.5 Å². The van der Waals surface area contributed by atoms with Crippen LogP contribution in [0.1, 0.15) is 50.7 Å². The highest BCUT2D eigenvalue weighted by Crippen LogP contribution is 2.30. The Hall–Kier alpha value is -4.24. The molecule has 2 amide bonds. The van der Waals surface area contributed by atoms with Crippen LogP contribution >= 0.6 is 11.3 Å². The SMILES string of the molecule is COC(=O)c1ccc(CC(=O)Nc2ccc(C3CCN(C(=O)c4cc(-c5cccs5)on4)CC3)cc2)cc1. The fraction of sp³-hybridized carbons (Fsp3) is 0.241. The molecule has 4 aromatic rings. The maximum absolute atomic E-state index is 12.9. The van der Waals surface area contributed by atoms with Gasteiger partial charge in [-0.05, 0) is 65.6 Å². The summed E-state index contributed by atoms with van der Waals surface area (Å²) in [7, 11) is 1.33. The smallest absolute Gasteiger partial charge is 0.337 e. The molecule has 2 aromatic heterocycles. The maximum atomic E-state index is 12.9. The highest BCUT2D eigenvalue weighted by Gasteiger charge is 2.26. The lowest BCUT2D eigenvalue weighted by molar-refractivity contribution is -0.115. The summed E-state index contributed by atoms with van der Waals surface area (Å²) in [5, 5.41) is 8.87. The standard InChI is InChI=1S/C29H27N3O5S/c1-36-29(35)22-6-4-19(5-7-22)17-27(33)30-23-10-8-20(9-11-23)21-12-14-32(15-13-21)28(34)24-18-25(37-31-24)26-3-2-16-38-26/h2-11,16,18,21H,12-15,17H2,1H3,(H,30,33). The first-order valence-electron chi connectivity index (χ1n) is 12.4. The van der Waals surface area contributed by atoms with Crippen molar-refractivity contribution in [2.45, 2.75) is 25.2 Å². The zero-order chi connectivity index (χ0) is 26.5. The van der Waals surface area contributed by atoms with E-state index in [1.807, 2.05) is 46.7 Å². The number of piperidine rings is 1. The first-order chi connectivity index (χ1) is 18.5. The fourth-order valence-electron chi connectivity index (χ4n) is 4.59. The number of likely N-dealkylation sites (tertiary alicyclic amines) is 1. The lowest BCUT2D eigenvalue weighted by Crippen LogP contribution is -2.38. The van der Waals surface area contributed by atoms with Crippen molar-refractivity contribution in [3.05, 3.63) is 94.5 Å². The molecule has 5 rings (SSSR count). The first kappa shape index (κ1) is 25.4. The van der Waals surface area contributed by atoms with Gasteiger partial charge in [0.25, 0.3) is 5.91 Å². The second kappa shape index (κ2) is 11.4. The predicted molar refractivity (Wildman–Crippen MR) is 144 cm³/mol. The number of hydrogen-bond acceptors (Lipinski definition) is 7. The molecule has 0 bridgehead atoms. The Labute approximate surface area is 224 Å². The van der Waals surface area contributed by atoms with Crippen LogP contribution in [0, 0.1) is 0 Å². The topological polar surface area (TPSA) is 102 Å².